The number of ether oxygens (including phenoxy) is 1. The van der Waals surface area contributed by atoms with Crippen LogP contribution in [0.1, 0.15) is 17.7 Å². The normalized spacial score (nSPS) is 17.2. The Bertz CT molecular complexity index is 349. The van der Waals surface area contributed by atoms with Crippen LogP contribution in [0.3, 0.4) is 0 Å². The van der Waals surface area contributed by atoms with Gasteiger partial charge in [-0.25, -0.2) is 9.97 Å². The SMILES string of the molecule is Cc1nc(N2CCCOCC2)ncc1CO. The quantitative estimate of drug-likeness (QED) is 0.791. The van der Waals surface area contributed by atoms with E-state index in [4.69, 9.17) is 9.84 Å². The summed E-state index contributed by atoms with van der Waals surface area (Å²) >= 11 is 0. The first kappa shape index (κ1) is 11.3. The molecule has 16 heavy (non-hydrogen) atoms. The second-order valence-electron chi connectivity index (χ2n) is 3.89. The van der Waals surface area contributed by atoms with E-state index in [2.05, 4.69) is 14.9 Å². The molecular formula is C11H17N3O2. The van der Waals surface area contributed by atoms with Crippen LogP contribution >= 0.6 is 0 Å². The lowest BCUT2D eigenvalue weighted by molar-refractivity contribution is 0.152. The Morgan fingerprint density at radius 1 is 1.44 bits per heavy atom. The van der Waals surface area contributed by atoms with Crippen LogP contribution in [-0.4, -0.2) is 41.4 Å². The number of hydrogen-bond donors (Lipinski definition) is 1. The van der Waals surface area contributed by atoms with Crippen molar-refractivity contribution in [1.82, 2.24) is 9.97 Å². The zero-order valence-electron chi connectivity index (χ0n) is 9.52. The molecule has 0 saturated carbocycles. The highest BCUT2D eigenvalue weighted by molar-refractivity contribution is 5.32. The van der Waals surface area contributed by atoms with E-state index in [-0.39, 0.29) is 6.61 Å². The Morgan fingerprint density at radius 2 is 2.31 bits per heavy atom. The number of hydrogen-bond acceptors (Lipinski definition) is 5. The largest absolute Gasteiger partial charge is 0.392 e. The Balaban J connectivity index is 2.16. The summed E-state index contributed by atoms with van der Waals surface area (Å²) in [4.78, 5) is 10.8. The molecule has 0 atom stereocenters. The molecule has 0 bridgehead atoms. The first-order chi connectivity index (χ1) is 7.81. The Kier molecular flexibility index (Phi) is 3.69. The van der Waals surface area contributed by atoms with Gasteiger partial charge in [0.2, 0.25) is 5.95 Å². The molecule has 1 N–H and O–H groups in total. The molecule has 1 aromatic heterocycles. The molecule has 1 aliphatic heterocycles. The maximum Gasteiger partial charge on any atom is 0.225 e. The molecule has 1 saturated heterocycles. The second kappa shape index (κ2) is 5.23. The fraction of sp³-hybridized carbons (Fsp3) is 0.636. The van der Waals surface area contributed by atoms with Gasteiger partial charge >= 0.3 is 0 Å². The van der Waals surface area contributed by atoms with Crippen molar-refractivity contribution >= 4 is 5.95 Å². The van der Waals surface area contributed by atoms with E-state index >= 15 is 0 Å². The lowest BCUT2D eigenvalue weighted by Crippen LogP contribution is -2.28. The third-order valence-corrected chi connectivity index (χ3v) is 2.74. The van der Waals surface area contributed by atoms with Gasteiger partial charge in [0, 0.05) is 37.2 Å². The van der Waals surface area contributed by atoms with Crippen molar-refractivity contribution in [3.63, 3.8) is 0 Å². The Morgan fingerprint density at radius 3 is 3.06 bits per heavy atom. The van der Waals surface area contributed by atoms with Crippen LogP contribution in [0.15, 0.2) is 6.20 Å². The highest BCUT2D eigenvalue weighted by Crippen LogP contribution is 2.12. The fourth-order valence-electron chi connectivity index (χ4n) is 1.73. The van der Waals surface area contributed by atoms with Gasteiger partial charge in [0.05, 0.1) is 13.2 Å². The summed E-state index contributed by atoms with van der Waals surface area (Å²) in [6.07, 6.45) is 2.70. The molecule has 0 spiro atoms. The van der Waals surface area contributed by atoms with E-state index in [9.17, 15) is 0 Å². The standard InChI is InChI=1S/C11H17N3O2/c1-9-10(8-15)7-12-11(13-9)14-3-2-5-16-6-4-14/h7,15H,2-6,8H2,1H3. The van der Waals surface area contributed by atoms with Crippen molar-refractivity contribution in [2.75, 3.05) is 31.2 Å². The van der Waals surface area contributed by atoms with Gasteiger partial charge in [-0.05, 0) is 13.3 Å². The van der Waals surface area contributed by atoms with Crippen LogP contribution in [0.25, 0.3) is 0 Å². The average molecular weight is 223 g/mol. The molecule has 1 fully saturated rings. The average Bonchev–Trinajstić information content (AvgIpc) is 2.57. The van der Waals surface area contributed by atoms with Crippen LogP contribution in [0.5, 0.6) is 0 Å². The number of aromatic nitrogens is 2. The lowest BCUT2D eigenvalue weighted by Gasteiger charge is -2.19. The molecule has 2 heterocycles. The topological polar surface area (TPSA) is 58.5 Å². The summed E-state index contributed by atoms with van der Waals surface area (Å²) in [5, 5.41) is 9.05. The Labute approximate surface area is 95.1 Å². The predicted molar refractivity (Wildman–Crippen MR) is 60.3 cm³/mol. The molecular weight excluding hydrogens is 206 g/mol. The molecule has 0 radical (unpaired) electrons. The smallest absolute Gasteiger partial charge is 0.225 e. The minimum Gasteiger partial charge on any atom is -0.392 e. The van der Waals surface area contributed by atoms with Crippen LogP contribution in [0.4, 0.5) is 5.95 Å². The van der Waals surface area contributed by atoms with Gasteiger partial charge < -0.3 is 14.7 Å². The molecule has 1 aromatic rings. The highest BCUT2D eigenvalue weighted by atomic mass is 16.5. The van der Waals surface area contributed by atoms with Crippen molar-refractivity contribution in [2.24, 2.45) is 0 Å². The maximum absolute atomic E-state index is 9.05. The zero-order chi connectivity index (χ0) is 11.4. The number of anilines is 1. The van der Waals surface area contributed by atoms with Gasteiger partial charge in [-0.3, -0.25) is 0 Å². The maximum atomic E-state index is 9.05. The van der Waals surface area contributed by atoms with Crippen LogP contribution in [0.2, 0.25) is 0 Å². The minimum atomic E-state index is -0.00474. The van der Waals surface area contributed by atoms with E-state index in [1.807, 2.05) is 6.92 Å². The predicted octanol–water partition coefficient (Wildman–Crippen LogP) is 0.504. The van der Waals surface area contributed by atoms with Crippen molar-refractivity contribution < 1.29 is 9.84 Å². The van der Waals surface area contributed by atoms with Crippen molar-refractivity contribution in [2.45, 2.75) is 20.0 Å². The van der Waals surface area contributed by atoms with Gasteiger partial charge in [0.15, 0.2) is 0 Å². The van der Waals surface area contributed by atoms with Gasteiger partial charge in [-0.15, -0.1) is 0 Å². The molecule has 0 amide bonds. The summed E-state index contributed by atoms with van der Waals surface area (Å²) < 4.78 is 5.38. The van der Waals surface area contributed by atoms with E-state index in [1.165, 1.54) is 0 Å². The molecule has 5 heteroatoms. The third-order valence-electron chi connectivity index (χ3n) is 2.74. The fourth-order valence-corrected chi connectivity index (χ4v) is 1.73. The summed E-state index contributed by atoms with van der Waals surface area (Å²) in [7, 11) is 0. The number of aryl methyl sites for hydroxylation is 1. The van der Waals surface area contributed by atoms with E-state index in [1.54, 1.807) is 6.20 Å². The molecule has 0 aromatic carbocycles. The Hall–Kier alpha value is -1.20. The summed E-state index contributed by atoms with van der Waals surface area (Å²) in [5.41, 5.74) is 1.63. The van der Waals surface area contributed by atoms with Crippen LogP contribution < -0.4 is 4.90 Å². The van der Waals surface area contributed by atoms with Gasteiger partial charge in [0.25, 0.3) is 0 Å². The van der Waals surface area contributed by atoms with Gasteiger partial charge in [-0.2, -0.15) is 0 Å². The molecule has 5 nitrogen and oxygen atoms in total. The zero-order valence-corrected chi connectivity index (χ0v) is 9.52. The summed E-state index contributed by atoms with van der Waals surface area (Å²) in [6.45, 7) is 5.18. The van der Waals surface area contributed by atoms with E-state index in [0.29, 0.717) is 0 Å². The lowest BCUT2D eigenvalue weighted by atomic mass is 10.2. The number of aliphatic hydroxyl groups excluding tert-OH is 1. The van der Waals surface area contributed by atoms with Gasteiger partial charge in [0.1, 0.15) is 0 Å². The molecule has 1 aliphatic rings. The highest BCUT2D eigenvalue weighted by Gasteiger charge is 2.13. The summed E-state index contributed by atoms with van der Waals surface area (Å²) in [6, 6.07) is 0. The first-order valence-corrected chi connectivity index (χ1v) is 5.57. The van der Waals surface area contributed by atoms with E-state index in [0.717, 1.165) is 49.9 Å². The van der Waals surface area contributed by atoms with Crippen molar-refractivity contribution in [3.05, 3.63) is 17.5 Å². The first-order valence-electron chi connectivity index (χ1n) is 5.57. The third kappa shape index (κ3) is 2.48. The second-order valence-corrected chi connectivity index (χ2v) is 3.89. The molecule has 0 unspecified atom stereocenters. The van der Waals surface area contributed by atoms with Crippen LogP contribution in [0, 0.1) is 6.92 Å². The number of aliphatic hydroxyl groups is 1. The monoisotopic (exact) mass is 223 g/mol. The van der Waals surface area contributed by atoms with Gasteiger partial charge in [-0.1, -0.05) is 0 Å². The molecule has 88 valence electrons. The van der Waals surface area contributed by atoms with Crippen molar-refractivity contribution in [1.29, 1.82) is 0 Å². The summed E-state index contributed by atoms with van der Waals surface area (Å²) in [5.74, 6) is 0.736. The number of nitrogens with zero attached hydrogens (tertiary/aromatic N) is 3. The van der Waals surface area contributed by atoms with E-state index < -0.39 is 0 Å². The molecule has 0 aliphatic carbocycles. The molecule has 2 rings (SSSR count). The minimum absolute atomic E-state index is 0.00474. The van der Waals surface area contributed by atoms with Crippen LogP contribution in [-0.2, 0) is 11.3 Å². The number of rotatable bonds is 2. The van der Waals surface area contributed by atoms with Crippen molar-refractivity contribution in [3.8, 4) is 0 Å².